The van der Waals surface area contributed by atoms with E-state index in [0.29, 0.717) is 0 Å². The van der Waals surface area contributed by atoms with E-state index in [1.807, 2.05) is 24.3 Å². The summed E-state index contributed by atoms with van der Waals surface area (Å²) < 4.78 is 0. The molecule has 0 unspecified atom stereocenters. The Kier molecular flexibility index (Phi) is 5.66. The first-order valence-corrected chi connectivity index (χ1v) is 10.7. The molecule has 0 spiro atoms. The van der Waals surface area contributed by atoms with Crippen LogP contribution in [0.15, 0.2) is 121 Å². The van der Waals surface area contributed by atoms with E-state index in [4.69, 9.17) is 5.73 Å². The lowest BCUT2D eigenvalue weighted by molar-refractivity contribution is 1.52. The maximum atomic E-state index is 6.84. The molecule has 136 valence electrons. The number of nitrogens with two attached hydrogens (primary N) is 1. The predicted octanol–water partition coefficient (Wildman–Crippen LogP) is 5.60. The minimum absolute atomic E-state index is 0.799. The van der Waals surface area contributed by atoms with Crippen LogP contribution in [0.1, 0.15) is 11.1 Å². The largest absolute Gasteiger partial charge is 0.398 e. The van der Waals surface area contributed by atoms with Gasteiger partial charge < -0.3 is 5.73 Å². The zero-order valence-electron chi connectivity index (χ0n) is 15.6. The van der Waals surface area contributed by atoms with Crippen molar-refractivity contribution in [3.05, 3.63) is 132 Å². The molecule has 0 fully saturated rings. The monoisotopic (exact) mass is 379 g/mol. The zero-order chi connectivity index (χ0) is 19.2. The summed E-state index contributed by atoms with van der Waals surface area (Å²) in [4.78, 5) is 0. The van der Waals surface area contributed by atoms with Gasteiger partial charge in [-0.3, -0.25) is 0 Å². The van der Waals surface area contributed by atoms with Crippen LogP contribution in [0, 0.1) is 0 Å². The summed E-state index contributed by atoms with van der Waals surface area (Å²) in [7, 11) is -0.799. The Morgan fingerprint density at radius 2 is 0.821 bits per heavy atom. The number of hydrogen-bond acceptors (Lipinski definition) is 1. The maximum absolute atomic E-state index is 6.84. The maximum Gasteiger partial charge on any atom is 0.0478 e. The molecule has 0 aromatic heterocycles. The lowest BCUT2D eigenvalue weighted by Gasteiger charge is -2.25. The standard InChI is InChI=1S/C26H22NP/c27-25(21-13-5-1-6-14-21)26(22-15-7-2-8-16-22)28(23-17-9-3-10-18-23)24-19-11-4-12-20-24/h1-20H,27H2/b26-25+. The molecule has 0 bridgehead atoms. The van der Waals surface area contributed by atoms with Gasteiger partial charge in [0.25, 0.3) is 0 Å². The number of benzene rings is 4. The Labute approximate surface area is 167 Å². The summed E-state index contributed by atoms with van der Waals surface area (Å²) in [5.74, 6) is 0. The van der Waals surface area contributed by atoms with Crippen molar-refractivity contribution in [3.8, 4) is 0 Å². The van der Waals surface area contributed by atoms with E-state index in [-0.39, 0.29) is 0 Å². The first-order valence-electron chi connectivity index (χ1n) is 9.35. The summed E-state index contributed by atoms with van der Waals surface area (Å²) >= 11 is 0. The fourth-order valence-corrected chi connectivity index (χ4v) is 5.85. The van der Waals surface area contributed by atoms with Crippen molar-refractivity contribution < 1.29 is 0 Å². The van der Waals surface area contributed by atoms with Gasteiger partial charge in [0.15, 0.2) is 0 Å². The van der Waals surface area contributed by atoms with E-state index >= 15 is 0 Å². The van der Waals surface area contributed by atoms with E-state index in [2.05, 4.69) is 97.1 Å². The number of hydrogen-bond donors (Lipinski definition) is 1. The van der Waals surface area contributed by atoms with Gasteiger partial charge >= 0.3 is 0 Å². The highest BCUT2D eigenvalue weighted by Gasteiger charge is 2.23. The van der Waals surface area contributed by atoms with Crippen molar-refractivity contribution in [1.82, 2.24) is 0 Å². The normalized spacial score (nSPS) is 11.9. The summed E-state index contributed by atoms with van der Waals surface area (Å²) in [6, 6.07) is 42.2. The molecule has 0 radical (unpaired) electrons. The van der Waals surface area contributed by atoms with Gasteiger partial charge in [-0.15, -0.1) is 0 Å². The molecule has 0 amide bonds. The Morgan fingerprint density at radius 1 is 0.464 bits per heavy atom. The molecule has 4 aromatic carbocycles. The van der Waals surface area contributed by atoms with E-state index in [9.17, 15) is 0 Å². The molecular formula is C26H22NP. The van der Waals surface area contributed by atoms with E-state index in [1.54, 1.807) is 0 Å². The minimum atomic E-state index is -0.799. The van der Waals surface area contributed by atoms with Crippen molar-refractivity contribution in [2.75, 3.05) is 0 Å². The molecule has 0 aliphatic carbocycles. The zero-order valence-corrected chi connectivity index (χ0v) is 16.5. The van der Waals surface area contributed by atoms with Gasteiger partial charge in [-0.05, 0) is 29.7 Å². The second-order valence-electron chi connectivity index (χ2n) is 6.50. The number of rotatable bonds is 5. The van der Waals surface area contributed by atoms with Crippen LogP contribution in [-0.4, -0.2) is 0 Å². The molecule has 28 heavy (non-hydrogen) atoms. The van der Waals surface area contributed by atoms with Crippen LogP contribution >= 0.6 is 7.92 Å². The second kappa shape index (κ2) is 8.69. The molecule has 1 nitrogen and oxygen atoms in total. The van der Waals surface area contributed by atoms with Gasteiger partial charge in [0.1, 0.15) is 0 Å². The highest BCUT2D eigenvalue weighted by atomic mass is 31.1. The quantitative estimate of drug-likeness (QED) is 0.354. The van der Waals surface area contributed by atoms with Crippen LogP contribution in [0.2, 0.25) is 0 Å². The van der Waals surface area contributed by atoms with Crippen molar-refractivity contribution in [3.63, 3.8) is 0 Å². The van der Waals surface area contributed by atoms with Gasteiger partial charge in [0.2, 0.25) is 0 Å². The molecule has 0 aliphatic heterocycles. The molecule has 0 atom stereocenters. The molecule has 4 aromatic rings. The third kappa shape index (κ3) is 3.91. The predicted molar refractivity (Wildman–Crippen MR) is 123 cm³/mol. The highest BCUT2D eigenvalue weighted by Crippen LogP contribution is 2.51. The van der Waals surface area contributed by atoms with Crippen LogP contribution in [-0.2, 0) is 0 Å². The van der Waals surface area contributed by atoms with Crippen molar-refractivity contribution in [2.24, 2.45) is 5.73 Å². The van der Waals surface area contributed by atoms with Gasteiger partial charge in [-0.25, -0.2) is 0 Å². The molecule has 2 heteroatoms. The Hall–Kier alpha value is -3.15. The third-order valence-corrected chi connectivity index (χ3v) is 7.21. The molecular weight excluding hydrogens is 357 g/mol. The van der Waals surface area contributed by atoms with Gasteiger partial charge in [-0.1, -0.05) is 121 Å². The average molecular weight is 379 g/mol. The summed E-state index contributed by atoms with van der Waals surface area (Å²) in [5, 5.41) is 3.78. The fourth-order valence-electron chi connectivity index (χ4n) is 3.32. The molecule has 0 heterocycles. The Balaban J connectivity index is 2.00. The van der Waals surface area contributed by atoms with Gasteiger partial charge in [0, 0.05) is 11.0 Å². The minimum Gasteiger partial charge on any atom is -0.398 e. The smallest absolute Gasteiger partial charge is 0.0478 e. The molecule has 2 N–H and O–H groups in total. The van der Waals surface area contributed by atoms with Crippen molar-refractivity contribution >= 4 is 29.5 Å². The van der Waals surface area contributed by atoms with Gasteiger partial charge in [-0.2, -0.15) is 0 Å². The lowest BCUT2D eigenvalue weighted by atomic mass is 10.1. The molecule has 0 saturated heterocycles. The van der Waals surface area contributed by atoms with Crippen molar-refractivity contribution in [2.45, 2.75) is 0 Å². The molecule has 0 aliphatic rings. The Morgan fingerprint density at radius 3 is 1.25 bits per heavy atom. The first-order chi connectivity index (χ1) is 13.8. The van der Waals surface area contributed by atoms with Crippen LogP contribution in [0.25, 0.3) is 11.0 Å². The third-order valence-electron chi connectivity index (χ3n) is 4.64. The molecule has 4 rings (SSSR count). The van der Waals surface area contributed by atoms with Crippen LogP contribution in [0.4, 0.5) is 0 Å². The molecule has 0 saturated carbocycles. The van der Waals surface area contributed by atoms with E-state index < -0.39 is 7.92 Å². The van der Waals surface area contributed by atoms with Crippen LogP contribution in [0.3, 0.4) is 0 Å². The van der Waals surface area contributed by atoms with Crippen LogP contribution in [0.5, 0.6) is 0 Å². The first kappa shape index (κ1) is 18.2. The lowest BCUT2D eigenvalue weighted by Crippen LogP contribution is -2.15. The SMILES string of the molecule is N/C(=C(\c1ccccc1)P(c1ccccc1)c1ccccc1)c1ccccc1. The summed E-state index contributed by atoms with van der Waals surface area (Å²) in [5.41, 5.74) is 9.91. The summed E-state index contributed by atoms with van der Waals surface area (Å²) in [6.45, 7) is 0. The highest BCUT2D eigenvalue weighted by molar-refractivity contribution is 7.82. The second-order valence-corrected chi connectivity index (χ2v) is 8.65. The Bertz CT molecular complexity index is 1000. The van der Waals surface area contributed by atoms with E-state index in [0.717, 1.165) is 11.3 Å². The summed E-state index contributed by atoms with van der Waals surface area (Å²) in [6.07, 6.45) is 0. The van der Waals surface area contributed by atoms with E-state index in [1.165, 1.54) is 21.5 Å². The average Bonchev–Trinajstić information content (AvgIpc) is 2.79. The van der Waals surface area contributed by atoms with Crippen molar-refractivity contribution in [1.29, 1.82) is 0 Å². The fraction of sp³-hybridized carbons (Fsp3) is 0. The topological polar surface area (TPSA) is 26.0 Å². The van der Waals surface area contributed by atoms with Crippen LogP contribution < -0.4 is 16.3 Å². The van der Waals surface area contributed by atoms with Gasteiger partial charge in [0.05, 0.1) is 0 Å².